The second kappa shape index (κ2) is 5.14. The molecule has 2 atom stereocenters. The Morgan fingerprint density at radius 1 is 1.31 bits per heavy atom. The first-order valence-electron chi connectivity index (χ1n) is 5.49. The molecule has 2 rings (SSSR count). The van der Waals surface area contributed by atoms with Crippen LogP contribution in [0.3, 0.4) is 0 Å². The van der Waals surface area contributed by atoms with Crippen LogP contribution >= 0.6 is 31.9 Å². The topological polar surface area (TPSA) is 43.5 Å². The number of hydrogen-bond acceptors (Lipinski definition) is 3. The fraction of sp³-hybridized carbons (Fsp3) is 0.800. The lowest BCUT2D eigenvalue weighted by Crippen LogP contribution is -2.53. The van der Waals surface area contributed by atoms with Crippen molar-refractivity contribution in [3.8, 4) is 0 Å². The van der Waals surface area contributed by atoms with E-state index in [1.165, 1.54) is 5.06 Å². The number of alkyl halides is 2. The average molecular weight is 355 g/mol. The van der Waals surface area contributed by atoms with Crippen molar-refractivity contribution >= 4 is 31.9 Å². The van der Waals surface area contributed by atoms with E-state index in [9.17, 15) is 10.1 Å². The van der Waals surface area contributed by atoms with Crippen LogP contribution in [-0.2, 0) is 0 Å². The Labute approximate surface area is 111 Å². The van der Waals surface area contributed by atoms with Gasteiger partial charge in [-0.1, -0.05) is 38.3 Å². The molecule has 0 aromatic rings. The molecule has 0 radical (unpaired) electrons. The molecule has 1 N–H and O–H groups in total. The van der Waals surface area contributed by atoms with E-state index in [1.807, 2.05) is 0 Å². The average Bonchev–Trinajstić information content (AvgIpc) is 2.33. The van der Waals surface area contributed by atoms with Crippen molar-refractivity contribution < 1.29 is 9.97 Å². The first kappa shape index (κ1) is 12.5. The summed E-state index contributed by atoms with van der Waals surface area (Å²) in [4.78, 5) is 12.2. The summed E-state index contributed by atoms with van der Waals surface area (Å²) in [7, 11) is 0. The van der Waals surface area contributed by atoms with E-state index in [1.54, 1.807) is 0 Å². The Morgan fingerprint density at radius 3 is 2.62 bits per heavy atom. The molecular weight excluding hydrogens is 340 g/mol. The maximum Gasteiger partial charge on any atom is 0.265 e. The molecule has 2 aliphatic rings. The van der Waals surface area contributed by atoms with Crippen molar-refractivity contribution in [2.45, 2.75) is 37.8 Å². The van der Waals surface area contributed by atoms with Crippen LogP contribution in [-0.4, -0.2) is 37.8 Å². The second-order valence-corrected chi connectivity index (χ2v) is 5.37. The standard InChI is InChI=1S/C10H15Br2N2O2/c11-5-9-10(6-12)14(16)8-4-2-1-3-7(8)13(9)15/h7-8,15H,1-6H2/q+1/t7-,8-/m0/s1. The van der Waals surface area contributed by atoms with Crippen molar-refractivity contribution in [2.24, 2.45) is 0 Å². The lowest BCUT2D eigenvalue weighted by atomic mass is 9.88. The molecule has 0 saturated heterocycles. The summed E-state index contributed by atoms with van der Waals surface area (Å²) >= 11 is 6.65. The van der Waals surface area contributed by atoms with Gasteiger partial charge in [0.05, 0.1) is 10.7 Å². The Hall–Kier alpha value is 0.0600. The van der Waals surface area contributed by atoms with Gasteiger partial charge in [-0.25, -0.2) is 5.06 Å². The molecule has 0 unspecified atom stereocenters. The first-order chi connectivity index (χ1) is 7.70. The van der Waals surface area contributed by atoms with Crippen molar-refractivity contribution in [1.82, 2.24) is 5.06 Å². The minimum atomic E-state index is -0.0888. The number of halogens is 2. The molecule has 16 heavy (non-hydrogen) atoms. The summed E-state index contributed by atoms with van der Waals surface area (Å²) in [6, 6.07) is -0.129. The van der Waals surface area contributed by atoms with E-state index < -0.39 is 0 Å². The maximum absolute atomic E-state index is 12.2. The van der Waals surface area contributed by atoms with Crippen molar-refractivity contribution in [3.63, 3.8) is 0 Å². The molecule has 0 amide bonds. The summed E-state index contributed by atoms with van der Waals surface area (Å²) < 4.78 is 1.10. The first-order valence-corrected chi connectivity index (χ1v) is 7.73. The highest BCUT2D eigenvalue weighted by Gasteiger charge is 2.48. The van der Waals surface area contributed by atoms with E-state index in [0.29, 0.717) is 22.1 Å². The molecule has 90 valence electrons. The number of hydrogen-bond donors (Lipinski definition) is 1. The molecule has 4 nitrogen and oxygen atoms in total. The molecule has 0 aromatic heterocycles. The van der Waals surface area contributed by atoms with E-state index in [2.05, 4.69) is 31.9 Å². The Bertz CT molecular complexity index is 333. The molecule has 0 spiro atoms. The second-order valence-electron chi connectivity index (χ2n) is 4.25. The predicted molar refractivity (Wildman–Crippen MR) is 67.9 cm³/mol. The molecule has 1 saturated carbocycles. The fourth-order valence-corrected chi connectivity index (χ4v) is 3.74. The van der Waals surface area contributed by atoms with Gasteiger partial charge in [-0.05, 0) is 12.8 Å². The quantitative estimate of drug-likeness (QED) is 0.612. The van der Waals surface area contributed by atoms with Gasteiger partial charge >= 0.3 is 0 Å². The predicted octanol–water partition coefficient (Wildman–Crippen LogP) is 2.78. The van der Waals surface area contributed by atoms with Gasteiger partial charge in [-0.15, -0.1) is 0 Å². The van der Waals surface area contributed by atoms with Gasteiger partial charge in [-0.3, -0.25) is 5.21 Å². The van der Waals surface area contributed by atoms with Gasteiger partial charge in [0.25, 0.3) is 5.70 Å². The van der Waals surface area contributed by atoms with Crippen molar-refractivity contribution in [3.05, 3.63) is 16.3 Å². The highest BCUT2D eigenvalue weighted by atomic mass is 79.9. The van der Waals surface area contributed by atoms with Crippen LogP contribution in [0.5, 0.6) is 0 Å². The van der Waals surface area contributed by atoms with Gasteiger partial charge in [0.15, 0.2) is 0 Å². The van der Waals surface area contributed by atoms with E-state index in [0.717, 1.165) is 30.4 Å². The van der Waals surface area contributed by atoms with Gasteiger partial charge in [-0.2, -0.15) is 0 Å². The number of nitrogens with zero attached hydrogens (tertiary/aromatic N) is 2. The van der Waals surface area contributed by atoms with Crippen LogP contribution in [0.1, 0.15) is 25.7 Å². The van der Waals surface area contributed by atoms with Gasteiger partial charge in [0.2, 0.25) is 6.04 Å². The Morgan fingerprint density at radius 2 is 2.00 bits per heavy atom. The summed E-state index contributed by atoms with van der Waals surface area (Å²) in [5.41, 5.74) is 1.33. The van der Waals surface area contributed by atoms with E-state index in [4.69, 9.17) is 0 Å². The zero-order valence-electron chi connectivity index (χ0n) is 8.90. The molecule has 6 heteroatoms. The molecule has 1 aliphatic heterocycles. The van der Waals surface area contributed by atoms with Gasteiger partial charge in [0.1, 0.15) is 11.7 Å². The number of nitroso groups, excluding NO2 is 1. The molecular formula is C10H15Br2N2O2+. The van der Waals surface area contributed by atoms with Crippen LogP contribution in [0.25, 0.3) is 0 Å². The fourth-order valence-electron chi connectivity index (χ4n) is 2.58. The number of fused-ring (bicyclic) bond motifs is 1. The molecule has 1 aliphatic carbocycles. The zero-order chi connectivity index (χ0) is 11.7. The smallest absolute Gasteiger partial charge is 0.265 e. The van der Waals surface area contributed by atoms with E-state index in [-0.39, 0.29) is 12.1 Å². The SMILES string of the molecule is O=[N+]1C(CBr)=C(CBr)N(O)[C@H]2CCCC[C@@H]21. The van der Waals surface area contributed by atoms with E-state index >= 15 is 0 Å². The molecule has 0 bridgehead atoms. The normalized spacial score (nSPS) is 30.7. The summed E-state index contributed by atoms with van der Waals surface area (Å²) in [6.45, 7) is 0. The molecule has 0 aromatic carbocycles. The molecule has 1 fully saturated rings. The third-order valence-electron chi connectivity index (χ3n) is 3.44. The third kappa shape index (κ3) is 1.95. The summed E-state index contributed by atoms with van der Waals surface area (Å²) in [5, 5.41) is 12.4. The number of allylic oxidation sites excluding steroid dienone is 2. The minimum Gasteiger partial charge on any atom is -0.288 e. The zero-order valence-corrected chi connectivity index (χ0v) is 12.1. The minimum absolute atomic E-state index is 0.0402. The monoisotopic (exact) mass is 353 g/mol. The van der Waals surface area contributed by atoms with Crippen LogP contribution in [0.15, 0.2) is 11.4 Å². The number of hydroxylamine groups is 2. The molecule has 1 heterocycles. The highest BCUT2D eigenvalue weighted by molar-refractivity contribution is 9.09. The van der Waals surface area contributed by atoms with Crippen LogP contribution in [0.4, 0.5) is 0 Å². The van der Waals surface area contributed by atoms with Crippen molar-refractivity contribution in [2.75, 3.05) is 10.7 Å². The summed E-state index contributed by atoms with van der Waals surface area (Å²) in [6.07, 6.45) is 3.93. The van der Waals surface area contributed by atoms with Gasteiger partial charge < -0.3 is 0 Å². The van der Waals surface area contributed by atoms with Crippen LogP contribution < -0.4 is 0 Å². The third-order valence-corrected chi connectivity index (χ3v) is 4.50. The Balaban J connectivity index is 2.37. The number of rotatable bonds is 2. The van der Waals surface area contributed by atoms with Crippen molar-refractivity contribution in [1.29, 1.82) is 0 Å². The van der Waals surface area contributed by atoms with Crippen LogP contribution in [0, 0.1) is 4.91 Å². The van der Waals surface area contributed by atoms with Gasteiger partial charge in [0, 0.05) is 16.1 Å². The lowest BCUT2D eigenvalue weighted by Gasteiger charge is -2.36. The maximum atomic E-state index is 12.2. The lowest BCUT2D eigenvalue weighted by molar-refractivity contribution is -0.564. The highest BCUT2D eigenvalue weighted by Crippen LogP contribution is 2.34. The Kier molecular flexibility index (Phi) is 4.02. The van der Waals surface area contributed by atoms with Crippen LogP contribution in [0.2, 0.25) is 0 Å². The largest absolute Gasteiger partial charge is 0.288 e. The summed E-state index contributed by atoms with van der Waals surface area (Å²) in [5.74, 6) is 0.